The molecule has 1 saturated heterocycles. The molecule has 0 radical (unpaired) electrons. The number of aromatic nitrogens is 2. The molecule has 0 bridgehead atoms. The molecule has 188 valence electrons. The van der Waals surface area contributed by atoms with Crippen LogP contribution in [0.1, 0.15) is 24.1 Å². The van der Waals surface area contributed by atoms with Crippen molar-refractivity contribution in [3.8, 4) is 16.9 Å². The standard InChI is InChI=1S/C29H26ClFN4O2/c1-3-26(37)34-12-14-35(15-13-34)29-21-17-23(30)22(27-24(31)10-7-11-25(27)36)16-20(21)28(32-33-29)18(2)19-8-5-4-6-9-19/h3-11,16-18,36H,1,12-15H2,2H3. The number of hydrogen-bond acceptors (Lipinski definition) is 5. The van der Waals surface area contributed by atoms with Crippen molar-refractivity contribution in [1.82, 2.24) is 15.1 Å². The zero-order valence-electron chi connectivity index (χ0n) is 20.4. The van der Waals surface area contributed by atoms with Gasteiger partial charge in [-0.3, -0.25) is 4.79 Å². The first kappa shape index (κ1) is 24.7. The van der Waals surface area contributed by atoms with Crippen LogP contribution in [0.4, 0.5) is 10.2 Å². The van der Waals surface area contributed by atoms with Crippen LogP contribution in [-0.4, -0.2) is 52.3 Å². The summed E-state index contributed by atoms with van der Waals surface area (Å²) in [5.74, 6) is -0.306. The number of anilines is 1. The van der Waals surface area contributed by atoms with Gasteiger partial charge in [0.25, 0.3) is 0 Å². The van der Waals surface area contributed by atoms with Gasteiger partial charge in [-0.05, 0) is 35.9 Å². The van der Waals surface area contributed by atoms with E-state index in [1.165, 1.54) is 24.3 Å². The Morgan fingerprint density at radius 2 is 1.78 bits per heavy atom. The van der Waals surface area contributed by atoms with E-state index in [0.29, 0.717) is 42.6 Å². The lowest BCUT2D eigenvalue weighted by molar-refractivity contribution is -0.126. The molecule has 5 rings (SSSR count). The Balaban J connectivity index is 1.67. The summed E-state index contributed by atoms with van der Waals surface area (Å²) in [5.41, 5.74) is 2.21. The number of carbonyl (C=O) groups excluding carboxylic acids is 1. The van der Waals surface area contributed by atoms with Crippen LogP contribution in [0, 0.1) is 5.82 Å². The molecule has 0 saturated carbocycles. The van der Waals surface area contributed by atoms with E-state index in [9.17, 15) is 14.3 Å². The molecule has 0 aliphatic carbocycles. The molecule has 6 nitrogen and oxygen atoms in total. The van der Waals surface area contributed by atoms with Gasteiger partial charge >= 0.3 is 0 Å². The maximum atomic E-state index is 14.8. The molecule has 1 N–H and O–H groups in total. The summed E-state index contributed by atoms with van der Waals surface area (Å²) in [4.78, 5) is 15.9. The Hall–Kier alpha value is -3.97. The third kappa shape index (κ3) is 4.62. The zero-order chi connectivity index (χ0) is 26.1. The highest BCUT2D eigenvalue weighted by Crippen LogP contribution is 2.42. The highest BCUT2D eigenvalue weighted by atomic mass is 35.5. The molecular formula is C29H26ClFN4O2. The predicted octanol–water partition coefficient (Wildman–Crippen LogP) is 5.78. The fourth-order valence-electron chi connectivity index (χ4n) is 4.87. The molecular weight excluding hydrogens is 491 g/mol. The van der Waals surface area contributed by atoms with Gasteiger partial charge in [-0.1, -0.05) is 61.5 Å². The van der Waals surface area contributed by atoms with Gasteiger partial charge in [0, 0.05) is 53.5 Å². The molecule has 1 fully saturated rings. The van der Waals surface area contributed by atoms with Crippen molar-refractivity contribution in [2.75, 3.05) is 31.1 Å². The molecule has 4 aromatic rings. The molecule has 1 aliphatic heterocycles. The Morgan fingerprint density at radius 3 is 2.46 bits per heavy atom. The number of halogens is 2. The van der Waals surface area contributed by atoms with Crippen molar-refractivity contribution in [2.45, 2.75) is 12.8 Å². The van der Waals surface area contributed by atoms with Crippen LogP contribution in [0.3, 0.4) is 0 Å². The lowest BCUT2D eigenvalue weighted by Crippen LogP contribution is -2.48. The van der Waals surface area contributed by atoms with Gasteiger partial charge in [0.15, 0.2) is 5.82 Å². The largest absolute Gasteiger partial charge is 0.507 e. The number of hydrogen-bond donors (Lipinski definition) is 1. The number of carbonyl (C=O) groups is 1. The van der Waals surface area contributed by atoms with E-state index in [1.54, 1.807) is 17.0 Å². The van der Waals surface area contributed by atoms with E-state index in [2.05, 4.69) is 21.7 Å². The molecule has 1 aliphatic rings. The zero-order valence-corrected chi connectivity index (χ0v) is 21.1. The maximum Gasteiger partial charge on any atom is 0.246 e. The van der Waals surface area contributed by atoms with Crippen molar-refractivity contribution in [3.05, 3.63) is 95.4 Å². The van der Waals surface area contributed by atoms with Crippen molar-refractivity contribution in [2.24, 2.45) is 0 Å². The molecule has 1 amide bonds. The van der Waals surface area contributed by atoms with Crippen LogP contribution in [0.25, 0.3) is 21.9 Å². The van der Waals surface area contributed by atoms with E-state index in [0.717, 1.165) is 22.0 Å². The predicted molar refractivity (Wildman–Crippen MR) is 145 cm³/mol. The third-order valence-electron chi connectivity index (χ3n) is 6.91. The number of piperazine rings is 1. The van der Waals surface area contributed by atoms with Gasteiger partial charge in [-0.15, -0.1) is 5.10 Å². The number of nitrogens with zero attached hydrogens (tertiary/aromatic N) is 4. The highest BCUT2D eigenvalue weighted by Gasteiger charge is 2.26. The first-order valence-corrected chi connectivity index (χ1v) is 12.5. The molecule has 1 unspecified atom stereocenters. The number of rotatable bonds is 5. The van der Waals surface area contributed by atoms with E-state index in [1.807, 2.05) is 37.3 Å². The fourth-order valence-corrected chi connectivity index (χ4v) is 5.13. The van der Waals surface area contributed by atoms with Crippen LogP contribution in [0.5, 0.6) is 5.75 Å². The summed E-state index contributed by atoms with van der Waals surface area (Å²) in [5, 5.41) is 21.6. The molecule has 1 aromatic heterocycles. The van der Waals surface area contributed by atoms with Crippen molar-refractivity contribution < 1.29 is 14.3 Å². The van der Waals surface area contributed by atoms with Crippen molar-refractivity contribution >= 4 is 34.1 Å². The number of phenolic OH excluding ortho intramolecular Hbond substituents is 1. The summed E-state index contributed by atoms with van der Waals surface area (Å²) in [7, 11) is 0. The third-order valence-corrected chi connectivity index (χ3v) is 7.23. The molecule has 2 heterocycles. The van der Waals surface area contributed by atoms with Gasteiger partial charge in [0.2, 0.25) is 5.91 Å². The first-order chi connectivity index (χ1) is 17.9. The first-order valence-electron chi connectivity index (χ1n) is 12.1. The molecule has 37 heavy (non-hydrogen) atoms. The highest BCUT2D eigenvalue weighted by molar-refractivity contribution is 6.34. The number of phenols is 1. The summed E-state index contributed by atoms with van der Waals surface area (Å²) >= 11 is 6.72. The second kappa shape index (κ2) is 10.2. The van der Waals surface area contributed by atoms with Crippen LogP contribution < -0.4 is 4.90 Å². The Kier molecular flexibility index (Phi) is 6.80. The SMILES string of the molecule is C=CC(=O)N1CCN(c2nnc(C(C)c3ccccc3)c3cc(-c4c(O)cccc4F)c(Cl)cc23)CC1. The fraction of sp³-hybridized carbons (Fsp3) is 0.207. The van der Waals surface area contributed by atoms with Gasteiger partial charge in [-0.25, -0.2) is 4.39 Å². The minimum Gasteiger partial charge on any atom is -0.507 e. The van der Waals surface area contributed by atoms with E-state index >= 15 is 0 Å². The molecule has 1 atom stereocenters. The number of fused-ring (bicyclic) bond motifs is 1. The number of amides is 1. The summed E-state index contributed by atoms with van der Waals surface area (Å²) in [6.07, 6.45) is 1.32. The van der Waals surface area contributed by atoms with Crippen molar-refractivity contribution in [3.63, 3.8) is 0 Å². The monoisotopic (exact) mass is 516 g/mol. The van der Waals surface area contributed by atoms with Crippen LogP contribution in [0.15, 0.2) is 73.3 Å². The average Bonchev–Trinajstić information content (AvgIpc) is 2.92. The van der Waals surface area contributed by atoms with Gasteiger partial charge in [0.05, 0.1) is 11.3 Å². The molecule has 0 spiro atoms. The quantitative estimate of drug-likeness (QED) is 0.340. The summed E-state index contributed by atoms with van der Waals surface area (Å²) < 4.78 is 14.8. The molecule has 8 heteroatoms. The minimum absolute atomic E-state index is 0.0441. The second-order valence-electron chi connectivity index (χ2n) is 9.07. The van der Waals surface area contributed by atoms with Gasteiger partial charge < -0.3 is 14.9 Å². The minimum atomic E-state index is -0.566. The number of aromatic hydroxyl groups is 1. The van der Waals surface area contributed by atoms with Crippen LogP contribution in [-0.2, 0) is 4.79 Å². The smallest absolute Gasteiger partial charge is 0.246 e. The summed E-state index contributed by atoms with van der Waals surface area (Å²) in [6.45, 7) is 7.84. The van der Waals surface area contributed by atoms with Gasteiger partial charge in [-0.2, -0.15) is 5.10 Å². The van der Waals surface area contributed by atoms with Crippen molar-refractivity contribution in [1.29, 1.82) is 0 Å². The Bertz CT molecular complexity index is 1470. The van der Waals surface area contributed by atoms with Gasteiger partial charge in [0.1, 0.15) is 11.6 Å². The number of benzene rings is 3. The average molecular weight is 517 g/mol. The Morgan fingerprint density at radius 1 is 1.05 bits per heavy atom. The summed E-state index contributed by atoms with van der Waals surface area (Å²) in [6, 6.07) is 17.7. The van der Waals surface area contributed by atoms with E-state index in [4.69, 9.17) is 11.6 Å². The van der Waals surface area contributed by atoms with E-state index < -0.39 is 5.82 Å². The maximum absolute atomic E-state index is 14.8. The lowest BCUT2D eigenvalue weighted by atomic mass is 9.92. The Labute approximate surface area is 219 Å². The topological polar surface area (TPSA) is 69.6 Å². The lowest BCUT2D eigenvalue weighted by Gasteiger charge is -2.35. The van der Waals surface area contributed by atoms with E-state index in [-0.39, 0.29) is 23.1 Å². The molecule has 3 aromatic carbocycles. The van der Waals surface area contributed by atoms with Crippen LogP contribution >= 0.6 is 11.6 Å². The van der Waals surface area contributed by atoms with Crippen LogP contribution in [0.2, 0.25) is 5.02 Å². The second-order valence-corrected chi connectivity index (χ2v) is 9.48. The normalized spacial score (nSPS) is 14.6.